The van der Waals surface area contributed by atoms with Gasteiger partial charge in [0.15, 0.2) is 0 Å². The molecule has 0 aliphatic heterocycles. The number of hydrogen-bond acceptors (Lipinski definition) is 6. The van der Waals surface area contributed by atoms with Crippen molar-refractivity contribution in [1.29, 1.82) is 0 Å². The molecule has 2 rings (SSSR count). The van der Waals surface area contributed by atoms with E-state index in [0.29, 0.717) is 11.3 Å². The Morgan fingerprint density at radius 2 is 1.43 bits per heavy atom. The third kappa shape index (κ3) is 5.95. The first kappa shape index (κ1) is 23.2. The quantitative estimate of drug-likeness (QED) is 0.538. The van der Waals surface area contributed by atoms with Crippen molar-refractivity contribution >= 4 is 29.4 Å². The molecular weight excluding hydrogens is 386 g/mol. The largest absolute Gasteiger partial charge is 0.483 e. The molecule has 0 fully saturated rings. The van der Waals surface area contributed by atoms with E-state index in [1.54, 1.807) is 72.7 Å². The van der Waals surface area contributed by atoms with Crippen molar-refractivity contribution in [1.82, 2.24) is 0 Å². The highest BCUT2D eigenvalue weighted by Crippen LogP contribution is 2.31. The lowest BCUT2D eigenvalue weighted by Gasteiger charge is -2.20. The van der Waals surface area contributed by atoms with Crippen molar-refractivity contribution in [2.24, 2.45) is 0 Å². The minimum Gasteiger partial charge on any atom is -0.483 e. The number of ether oxygens (including phenoxy) is 3. The van der Waals surface area contributed by atoms with Crippen molar-refractivity contribution in [3.8, 4) is 0 Å². The van der Waals surface area contributed by atoms with Crippen LogP contribution in [-0.2, 0) is 23.8 Å². The molecule has 30 heavy (non-hydrogen) atoms. The molecule has 1 aliphatic carbocycles. The zero-order valence-electron chi connectivity index (χ0n) is 18.5. The zero-order valence-corrected chi connectivity index (χ0v) is 18.5. The highest BCUT2D eigenvalue weighted by Gasteiger charge is 2.40. The smallest absolute Gasteiger partial charge is 0.412 e. The Hall–Kier alpha value is -3.09. The molecule has 7 heteroatoms. The summed E-state index contributed by atoms with van der Waals surface area (Å²) in [6.45, 7) is 12.3. The number of carbonyl (C=O) groups excluding carboxylic acids is 3. The van der Waals surface area contributed by atoms with Gasteiger partial charge in [0.1, 0.15) is 5.60 Å². The van der Waals surface area contributed by atoms with Crippen LogP contribution in [0.2, 0.25) is 0 Å². The maximum atomic E-state index is 12.9. The number of carbonyl (C=O) groups is 3. The fraction of sp³-hybridized carbons (Fsp3) is 0.435. The molecule has 162 valence electrons. The van der Waals surface area contributed by atoms with Gasteiger partial charge < -0.3 is 14.2 Å². The fourth-order valence-electron chi connectivity index (χ4n) is 2.68. The van der Waals surface area contributed by atoms with Gasteiger partial charge in [-0.05, 0) is 66.2 Å². The van der Waals surface area contributed by atoms with Crippen LogP contribution < -0.4 is 5.32 Å². The Balaban J connectivity index is 2.39. The van der Waals surface area contributed by atoms with Crippen LogP contribution in [-0.4, -0.2) is 35.5 Å². The number of Topliss-reactive ketones (excluding diaryl/α,β-unsaturated/α-hetero) is 2. The molecule has 0 heterocycles. The Kier molecular flexibility index (Phi) is 7.08. The van der Waals surface area contributed by atoms with E-state index < -0.39 is 23.3 Å². The van der Waals surface area contributed by atoms with Crippen molar-refractivity contribution in [2.75, 3.05) is 5.32 Å². The van der Waals surface area contributed by atoms with Gasteiger partial charge in [0, 0.05) is 0 Å². The molecular formula is C23H29NO6. The number of allylic oxidation sites excluding steroid dienone is 2. The number of rotatable bonds is 6. The van der Waals surface area contributed by atoms with Crippen LogP contribution in [0.5, 0.6) is 0 Å². The number of para-hydroxylation sites is 1. The standard InChI is InChI=1S/C23H29NO6/c1-13(2)28-20-18(25)16(19(26)21(20)29-14(3)4)12-15-10-8-9-11-17(15)24-22(27)30-23(5,6)7/h8-14H,1-7H3,(H,24,27). The summed E-state index contributed by atoms with van der Waals surface area (Å²) >= 11 is 0. The summed E-state index contributed by atoms with van der Waals surface area (Å²) in [6.07, 6.45) is 0.187. The molecule has 1 aromatic carbocycles. The Bertz CT molecular complexity index is 869. The van der Waals surface area contributed by atoms with E-state index in [9.17, 15) is 14.4 Å². The first-order valence-electron chi connectivity index (χ1n) is 9.86. The fourth-order valence-corrected chi connectivity index (χ4v) is 2.68. The lowest BCUT2D eigenvalue weighted by atomic mass is 10.1. The van der Waals surface area contributed by atoms with Crippen LogP contribution >= 0.6 is 0 Å². The maximum absolute atomic E-state index is 12.9. The minimum atomic E-state index is -0.662. The summed E-state index contributed by atoms with van der Waals surface area (Å²) in [5.41, 5.74) is 0.143. The van der Waals surface area contributed by atoms with Crippen molar-refractivity contribution in [2.45, 2.75) is 66.3 Å². The van der Waals surface area contributed by atoms with Crippen molar-refractivity contribution in [3.63, 3.8) is 0 Å². The molecule has 0 radical (unpaired) electrons. The first-order valence-corrected chi connectivity index (χ1v) is 9.86. The van der Waals surface area contributed by atoms with Crippen LogP contribution in [0.1, 0.15) is 54.0 Å². The molecule has 1 amide bonds. The first-order chi connectivity index (χ1) is 13.9. The number of nitrogens with one attached hydrogen (secondary N) is 1. The Morgan fingerprint density at radius 1 is 0.933 bits per heavy atom. The van der Waals surface area contributed by atoms with Gasteiger partial charge in [-0.2, -0.15) is 0 Å². The number of hydrogen-bond donors (Lipinski definition) is 1. The summed E-state index contributed by atoms with van der Waals surface area (Å²) in [5.74, 6) is -1.27. The van der Waals surface area contributed by atoms with Crippen LogP contribution in [0.15, 0.2) is 41.4 Å². The van der Waals surface area contributed by atoms with E-state index in [1.165, 1.54) is 6.08 Å². The van der Waals surface area contributed by atoms with E-state index >= 15 is 0 Å². The number of amides is 1. The predicted octanol–water partition coefficient (Wildman–Crippen LogP) is 4.63. The molecule has 1 N–H and O–H groups in total. The second-order valence-electron chi connectivity index (χ2n) is 8.42. The van der Waals surface area contributed by atoms with Gasteiger partial charge in [-0.25, -0.2) is 4.79 Å². The molecule has 0 spiro atoms. The summed E-state index contributed by atoms with van der Waals surface area (Å²) in [7, 11) is 0. The average molecular weight is 415 g/mol. The Labute approximate surface area is 177 Å². The maximum Gasteiger partial charge on any atom is 0.412 e. The van der Waals surface area contributed by atoms with Crippen molar-refractivity contribution in [3.05, 3.63) is 46.9 Å². The SMILES string of the molecule is CC(C)OC1=C(OC(C)C)C(=O)C(=Cc2ccccc2NC(=O)OC(C)(C)C)C1=O. The van der Waals surface area contributed by atoms with E-state index in [0.717, 1.165) is 0 Å². The predicted molar refractivity (Wildman–Crippen MR) is 114 cm³/mol. The van der Waals surface area contributed by atoms with Gasteiger partial charge in [0.25, 0.3) is 0 Å². The molecule has 0 unspecified atom stereocenters. The number of benzene rings is 1. The lowest BCUT2D eigenvalue weighted by molar-refractivity contribution is -0.118. The van der Waals surface area contributed by atoms with Crippen LogP contribution in [0.25, 0.3) is 6.08 Å². The number of anilines is 1. The molecule has 0 saturated heterocycles. The summed E-state index contributed by atoms with van der Waals surface area (Å²) in [6, 6.07) is 6.81. The average Bonchev–Trinajstić information content (AvgIpc) is 2.79. The van der Waals surface area contributed by atoms with Crippen LogP contribution in [0, 0.1) is 0 Å². The van der Waals surface area contributed by atoms with Gasteiger partial charge in [-0.15, -0.1) is 0 Å². The highest BCUT2D eigenvalue weighted by atomic mass is 16.6. The van der Waals surface area contributed by atoms with Crippen LogP contribution in [0.4, 0.5) is 10.5 Å². The van der Waals surface area contributed by atoms with Gasteiger partial charge in [-0.1, -0.05) is 18.2 Å². The topological polar surface area (TPSA) is 90.9 Å². The molecule has 1 aromatic rings. The van der Waals surface area contributed by atoms with Crippen molar-refractivity contribution < 1.29 is 28.6 Å². The molecule has 7 nitrogen and oxygen atoms in total. The van der Waals surface area contributed by atoms with Gasteiger partial charge in [0.2, 0.25) is 23.1 Å². The molecule has 0 saturated carbocycles. The van der Waals surface area contributed by atoms with Gasteiger partial charge in [0.05, 0.1) is 23.5 Å². The minimum absolute atomic E-state index is 0.0836. The second kappa shape index (κ2) is 9.15. The zero-order chi connectivity index (χ0) is 22.6. The van der Waals surface area contributed by atoms with E-state index in [4.69, 9.17) is 14.2 Å². The third-order valence-corrected chi connectivity index (χ3v) is 3.71. The Morgan fingerprint density at radius 3 is 1.90 bits per heavy atom. The molecule has 0 aromatic heterocycles. The number of ketones is 2. The summed E-state index contributed by atoms with van der Waals surface area (Å²) in [5, 5.41) is 2.65. The molecule has 0 bridgehead atoms. The summed E-state index contributed by atoms with van der Waals surface area (Å²) in [4.78, 5) is 38.0. The van der Waals surface area contributed by atoms with Gasteiger partial charge >= 0.3 is 6.09 Å². The normalized spacial score (nSPS) is 14.5. The molecule has 1 aliphatic rings. The lowest BCUT2D eigenvalue weighted by Crippen LogP contribution is -2.27. The third-order valence-electron chi connectivity index (χ3n) is 3.71. The van der Waals surface area contributed by atoms with Gasteiger partial charge in [-0.3, -0.25) is 14.9 Å². The van der Waals surface area contributed by atoms with E-state index in [-0.39, 0.29) is 29.3 Å². The van der Waals surface area contributed by atoms with E-state index in [1.807, 2.05) is 0 Å². The molecule has 0 atom stereocenters. The summed E-state index contributed by atoms with van der Waals surface area (Å²) < 4.78 is 16.4. The van der Waals surface area contributed by atoms with Crippen LogP contribution in [0.3, 0.4) is 0 Å². The van der Waals surface area contributed by atoms with E-state index in [2.05, 4.69) is 5.32 Å². The monoisotopic (exact) mass is 415 g/mol. The second-order valence-corrected chi connectivity index (χ2v) is 8.42. The highest BCUT2D eigenvalue weighted by molar-refractivity contribution is 6.38.